The average molecular weight is 297 g/mol. The van der Waals surface area contributed by atoms with E-state index in [0.29, 0.717) is 11.1 Å². The maximum absolute atomic E-state index is 12.1. The van der Waals surface area contributed by atoms with E-state index >= 15 is 0 Å². The third-order valence-corrected chi connectivity index (χ3v) is 4.18. The van der Waals surface area contributed by atoms with Crippen LogP contribution in [0.15, 0.2) is 24.3 Å². The maximum atomic E-state index is 12.1. The van der Waals surface area contributed by atoms with Crippen molar-refractivity contribution in [3.8, 4) is 6.07 Å². The maximum Gasteiger partial charge on any atom is 0.258 e. The summed E-state index contributed by atoms with van der Waals surface area (Å²) in [7, 11) is 0. The van der Waals surface area contributed by atoms with Crippen LogP contribution < -0.4 is 5.32 Å². The summed E-state index contributed by atoms with van der Waals surface area (Å²) in [6, 6.07) is 8.49. The molecule has 0 aliphatic heterocycles. The standard InChI is InChI=1S/C14H11N5OS/c1-8-9(2)21-14-17-13(18-19(8)14)16-12(20)11-5-3-4-10(6-11)7-15/h3-6H,1-2H3,(H,16,18,20). The van der Waals surface area contributed by atoms with Crippen LogP contribution in [0.5, 0.6) is 0 Å². The highest BCUT2D eigenvalue weighted by Gasteiger charge is 2.13. The number of hydrogen-bond acceptors (Lipinski definition) is 5. The zero-order chi connectivity index (χ0) is 15.0. The zero-order valence-electron chi connectivity index (χ0n) is 11.4. The molecule has 0 fully saturated rings. The Morgan fingerprint density at radius 2 is 2.24 bits per heavy atom. The van der Waals surface area contributed by atoms with Crippen LogP contribution in [0, 0.1) is 25.2 Å². The number of carbonyl (C=O) groups excluding carboxylic acids is 1. The van der Waals surface area contributed by atoms with Crippen molar-refractivity contribution >= 4 is 28.2 Å². The number of hydrogen-bond donors (Lipinski definition) is 1. The summed E-state index contributed by atoms with van der Waals surface area (Å²) in [6.45, 7) is 3.96. The Bertz CT molecular complexity index is 887. The van der Waals surface area contributed by atoms with Gasteiger partial charge in [0.25, 0.3) is 11.9 Å². The number of carbonyl (C=O) groups is 1. The van der Waals surface area contributed by atoms with Gasteiger partial charge in [-0.05, 0) is 32.0 Å². The number of amides is 1. The van der Waals surface area contributed by atoms with E-state index in [1.165, 1.54) is 17.4 Å². The molecule has 6 nitrogen and oxygen atoms in total. The Labute approximate surface area is 124 Å². The molecule has 0 spiro atoms. The van der Waals surface area contributed by atoms with E-state index < -0.39 is 0 Å². The predicted molar refractivity (Wildman–Crippen MR) is 79.4 cm³/mol. The van der Waals surface area contributed by atoms with Gasteiger partial charge in [-0.3, -0.25) is 10.1 Å². The minimum Gasteiger partial charge on any atom is -0.289 e. The van der Waals surface area contributed by atoms with Gasteiger partial charge in [-0.2, -0.15) is 10.2 Å². The molecule has 0 unspecified atom stereocenters. The van der Waals surface area contributed by atoms with Gasteiger partial charge in [0.05, 0.1) is 17.3 Å². The fourth-order valence-corrected chi connectivity index (χ4v) is 2.80. The minimum atomic E-state index is -0.334. The lowest BCUT2D eigenvalue weighted by atomic mass is 10.1. The summed E-state index contributed by atoms with van der Waals surface area (Å²) in [6.07, 6.45) is 0. The second-order valence-electron chi connectivity index (χ2n) is 4.52. The molecule has 1 amide bonds. The van der Waals surface area contributed by atoms with Crippen LogP contribution >= 0.6 is 11.3 Å². The molecule has 104 valence electrons. The van der Waals surface area contributed by atoms with Gasteiger partial charge in [-0.15, -0.1) is 5.10 Å². The monoisotopic (exact) mass is 297 g/mol. The smallest absolute Gasteiger partial charge is 0.258 e. The molecular formula is C14H11N5OS. The highest BCUT2D eigenvalue weighted by molar-refractivity contribution is 7.17. The van der Waals surface area contributed by atoms with Gasteiger partial charge >= 0.3 is 0 Å². The minimum absolute atomic E-state index is 0.261. The van der Waals surface area contributed by atoms with Crippen LogP contribution in [-0.4, -0.2) is 20.5 Å². The molecule has 1 N–H and O–H groups in total. The molecule has 21 heavy (non-hydrogen) atoms. The summed E-state index contributed by atoms with van der Waals surface area (Å²) in [4.78, 5) is 18.3. The molecule has 3 rings (SSSR count). The van der Waals surface area contributed by atoms with Crippen LogP contribution in [0.2, 0.25) is 0 Å². The molecule has 0 saturated heterocycles. The highest BCUT2D eigenvalue weighted by Crippen LogP contribution is 2.21. The summed E-state index contributed by atoms with van der Waals surface area (Å²) in [5.41, 5.74) is 1.85. The summed E-state index contributed by atoms with van der Waals surface area (Å²) in [5.74, 6) is -0.0727. The first kappa shape index (κ1) is 13.3. The quantitative estimate of drug-likeness (QED) is 0.788. The van der Waals surface area contributed by atoms with Gasteiger partial charge in [0.1, 0.15) is 0 Å². The van der Waals surface area contributed by atoms with E-state index in [2.05, 4.69) is 15.4 Å². The molecule has 2 heterocycles. The van der Waals surface area contributed by atoms with Crippen molar-refractivity contribution in [2.75, 3.05) is 5.32 Å². The van der Waals surface area contributed by atoms with Crippen LogP contribution in [0.25, 0.3) is 4.96 Å². The molecule has 1 aromatic carbocycles. The molecule has 2 aromatic heterocycles. The predicted octanol–water partition coefficient (Wildman–Crippen LogP) is 2.53. The van der Waals surface area contributed by atoms with Crippen LogP contribution in [-0.2, 0) is 0 Å². The van der Waals surface area contributed by atoms with Gasteiger partial charge in [0.2, 0.25) is 4.96 Å². The SMILES string of the molecule is Cc1sc2nc(NC(=O)c3cccc(C#N)c3)nn2c1C. The zero-order valence-corrected chi connectivity index (χ0v) is 12.2. The molecule has 0 saturated carbocycles. The van der Waals surface area contributed by atoms with Crippen LogP contribution in [0.3, 0.4) is 0 Å². The number of benzene rings is 1. The second-order valence-corrected chi connectivity index (χ2v) is 5.70. The van der Waals surface area contributed by atoms with E-state index in [4.69, 9.17) is 5.26 Å². The Morgan fingerprint density at radius 3 is 2.95 bits per heavy atom. The number of aryl methyl sites for hydroxylation is 2. The first-order valence-electron chi connectivity index (χ1n) is 6.23. The third-order valence-electron chi connectivity index (χ3n) is 3.13. The topological polar surface area (TPSA) is 83.1 Å². The van der Waals surface area contributed by atoms with Crippen molar-refractivity contribution in [1.82, 2.24) is 14.6 Å². The van der Waals surface area contributed by atoms with Gasteiger partial charge in [0.15, 0.2) is 0 Å². The Balaban J connectivity index is 1.87. The van der Waals surface area contributed by atoms with Crippen molar-refractivity contribution in [2.24, 2.45) is 0 Å². The van der Waals surface area contributed by atoms with E-state index in [9.17, 15) is 4.79 Å². The van der Waals surface area contributed by atoms with Crippen molar-refractivity contribution in [2.45, 2.75) is 13.8 Å². The lowest BCUT2D eigenvalue weighted by molar-refractivity contribution is 0.102. The molecule has 0 radical (unpaired) electrons. The van der Waals surface area contributed by atoms with E-state index in [1.54, 1.807) is 22.7 Å². The molecule has 3 aromatic rings. The molecule has 0 bridgehead atoms. The number of fused-ring (bicyclic) bond motifs is 1. The largest absolute Gasteiger partial charge is 0.289 e. The number of nitrogens with one attached hydrogen (secondary N) is 1. The number of anilines is 1. The number of aromatic nitrogens is 3. The third kappa shape index (κ3) is 2.37. The van der Waals surface area contributed by atoms with Crippen LogP contribution in [0.4, 0.5) is 5.95 Å². The number of nitriles is 1. The lowest BCUT2D eigenvalue weighted by Crippen LogP contribution is -2.13. The molecule has 0 atom stereocenters. The van der Waals surface area contributed by atoms with Crippen molar-refractivity contribution in [3.05, 3.63) is 46.0 Å². The van der Waals surface area contributed by atoms with Gasteiger partial charge < -0.3 is 0 Å². The summed E-state index contributed by atoms with van der Waals surface area (Å²) >= 11 is 1.52. The van der Waals surface area contributed by atoms with Gasteiger partial charge in [-0.25, -0.2) is 4.52 Å². The van der Waals surface area contributed by atoms with E-state index in [1.807, 2.05) is 19.9 Å². The van der Waals surface area contributed by atoms with E-state index in [0.717, 1.165) is 15.5 Å². The summed E-state index contributed by atoms with van der Waals surface area (Å²) < 4.78 is 1.71. The normalized spacial score (nSPS) is 10.5. The first-order valence-corrected chi connectivity index (χ1v) is 7.04. The number of rotatable bonds is 2. The molecule has 7 heteroatoms. The Morgan fingerprint density at radius 1 is 1.43 bits per heavy atom. The Kier molecular flexibility index (Phi) is 3.16. The molecule has 0 aliphatic carbocycles. The highest BCUT2D eigenvalue weighted by atomic mass is 32.1. The molecule has 0 aliphatic rings. The lowest BCUT2D eigenvalue weighted by Gasteiger charge is -2.01. The average Bonchev–Trinajstić information content (AvgIpc) is 2.99. The summed E-state index contributed by atoms with van der Waals surface area (Å²) in [5, 5.41) is 15.8. The van der Waals surface area contributed by atoms with Crippen molar-refractivity contribution in [3.63, 3.8) is 0 Å². The van der Waals surface area contributed by atoms with Crippen molar-refractivity contribution < 1.29 is 4.79 Å². The Hall–Kier alpha value is -2.72. The fraction of sp³-hybridized carbons (Fsp3) is 0.143. The van der Waals surface area contributed by atoms with Crippen LogP contribution in [0.1, 0.15) is 26.5 Å². The molecular weight excluding hydrogens is 286 g/mol. The van der Waals surface area contributed by atoms with Gasteiger partial charge in [-0.1, -0.05) is 17.4 Å². The number of nitrogens with zero attached hydrogens (tertiary/aromatic N) is 4. The second kappa shape index (κ2) is 5.00. The van der Waals surface area contributed by atoms with Gasteiger partial charge in [0, 0.05) is 10.4 Å². The van der Waals surface area contributed by atoms with Crippen molar-refractivity contribution in [1.29, 1.82) is 5.26 Å². The van der Waals surface area contributed by atoms with E-state index in [-0.39, 0.29) is 11.9 Å². The number of thiazole rings is 1. The first-order chi connectivity index (χ1) is 10.1. The fourth-order valence-electron chi connectivity index (χ4n) is 1.90.